The summed E-state index contributed by atoms with van der Waals surface area (Å²) in [6.45, 7) is 0. The Labute approximate surface area is 141 Å². The summed E-state index contributed by atoms with van der Waals surface area (Å²) in [5, 5.41) is 19.2. The van der Waals surface area contributed by atoms with E-state index in [1.807, 2.05) is 24.3 Å². The van der Waals surface area contributed by atoms with Crippen LogP contribution < -0.4 is 0 Å². The number of hydrogen-bond acceptors (Lipinski definition) is 3. The summed E-state index contributed by atoms with van der Waals surface area (Å²) < 4.78 is 0. The summed E-state index contributed by atoms with van der Waals surface area (Å²) >= 11 is 1.66. The first-order chi connectivity index (χ1) is 11.3. The molecule has 2 aromatic carbocycles. The number of rotatable bonds is 4. The minimum atomic E-state index is 0.296. The number of para-hydroxylation sites is 2. The highest BCUT2D eigenvalue weighted by Crippen LogP contribution is 2.16. The first-order valence-corrected chi connectivity index (χ1v) is 8.46. The summed E-state index contributed by atoms with van der Waals surface area (Å²) in [6, 6.07) is 14.5. The lowest BCUT2D eigenvalue weighted by Crippen LogP contribution is -1.83. The second kappa shape index (κ2) is 9.51. The number of phenolic OH excluding ortho intramolecular Hbond substituents is 2. The number of phenols is 2. The Morgan fingerprint density at radius 3 is 1.52 bits per heavy atom. The van der Waals surface area contributed by atoms with E-state index in [1.54, 1.807) is 36.0 Å². The van der Waals surface area contributed by atoms with Crippen LogP contribution in [0, 0.1) is 23.7 Å². The molecule has 0 heterocycles. The molecule has 0 atom stereocenters. The van der Waals surface area contributed by atoms with Gasteiger partial charge in [0.1, 0.15) is 11.5 Å². The van der Waals surface area contributed by atoms with Gasteiger partial charge in [0.15, 0.2) is 0 Å². The molecule has 0 aromatic heterocycles. The van der Waals surface area contributed by atoms with Crippen LogP contribution in [-0.2, 0) is 12.8 Å². The highest BCUT2D eigenvalue weighted by molar-refractivity contribution is 7.99. The van der Waals surface area contributed by atoms with Crippen LogP contribution in [-0.4, -0.2) is 21.7 Å². The van der Waals surface area contributed by atoms with Gasteiger partial charge in [-0.2, -0.15) is 0 Å². The Morgan fingerprint density at radius 2 is 1.09 bits per heavy atom. The SMILES string of the molecule is Oc1ccccc1CC#CCSCC#CCc1ccccc1O. The van der Waals surface area contributed by atoms with Crippen molar-refractivity contribution in [1.29, 1.82) is 0 Å². The molecule has 3 heteroatoms. The third kappa shape index (κ3) is 6.02. The zero-order chi connectivity index (χ0) is 16.3. The van der Waals surface area contributed by atoms with Crippen LogP contribution in [0.3, 0.4) is 0 Å². The van der Waals surface area contributed by atoms with E-state index < -0.39 is 0 Å². The van der Waals surface area contributed by atoms with E-state index in [0.717, 1.165) is 22.6 Å². The number of thioether (sulfide) groups is 1. The van der Waals surface area contributed by atoms with Gasteiger partial charge in [0, 0.05) is 24.0 Å². The Balaban J connectivity index is 1.66. The molecule has 0 aliphatic heterocycles. The van der Waals surface area contributed by atoms with Crippen LogP contribution >= 0.6 is 11.8 Å². The van der Waals surface area contributed by atoms with Gasteiger partial charge in [0.05, 0.1) is 11.5 Å². The molecule has 0 saturated carbocycles. The Morgan fingerprint density at radius 1 is 0.652 bits per heavy atom. The number of aromatic hydroxyl groups is 2. The van der Waals surface area contributed by atoms with Gasteiger partial charge in [0.2, 0.25) is 0 Å². The monoisotopic (exact) mass is 322 g/mol. The van der Waals surface area contributed by atoms with E-state index in [4.69, 9.17) is 0 Å². The highest BCUT2D eigenvalue weighted by Gasteiger charge is 1.96. The van der Waals surface area contributed by atoms with Gasteiger partial charge in [-0.15, -0.1) is 11.8 Å². The number of hydrogen-bond donors (Lipinski definition) is 2. The maximum atomic E-state index is 9.61. The quantitative estimate of drug-likeness (QED) is 0.667. The highest BCUT2D eigenvalue weighted by atomic mass is 32.2. The van der Waals surface area contributed by atoms with Gasteiger partial charge in [-0.1, -0.05) is 60.1 Å². The van der Waals surface area contributed by atoms with Crippen molar-refractivity contribution in [3.63, 3.8) is 0 Å². The fraction of sp³-hybridized carbons (Fsp3) is 0.200. The van der Waals surface area contributed by atoms with Crippen molar-refractivity contribution in [2.75, 3.05) is 11.5 Å². The second-order valence-corrected chi connectivity index (χ2v) is 5.80. The van der Waals surface area contributed by atoms with Crippen molar-refractivity contribution < 1.29 is 10.2 Å². The van der Waals surface area contributed by atoms with E-state index >= 15 is 0 Å². The molecule has 0 amide bonds. The zero-order valence-corrected chi connectivity index (χ0v) is 13.6. The third-order valence-electron chi connectivity index (χ3n) is 3.14. The Hall–Kier alpha value is -2.49. The summed E-state index contributed by atoms with van der Waals surface area (Å²) in [7, 11) is 0. The lowest BCUT2D eigenvalue weighted by Gasteiger charge is -1.97. The zero-order valence-electron chi connectivity index (χ0n) is 12.7. The van der Waals surface area contributed by atoms with E-state index in [2.05, 4.69) is 23.7 Å². The predicted molar refractivity (Wildman–Crippen MR) is 96.5 cm³/mol. The summed E-state index contributed by atoms with van der Waals surface area (Å²) in [4.78, 5) is 0. The van der Waals surface area contributed by atoms with Crippen LogP contribution in [0.2, 0.25) is 0 Å². The second-order valence-electron chi connectivity index (χ2n) is 4.81. The molecule has 0 saturated heterocycles. The first-order valence-electron chi connectivity index (χ1n) is 7.30. The standard InChI is InChI=1S/C20H18O2S/c21-19-13-3-1-9-17(19)11-5-7-15-23-16-8-6-12-18-10-2-4-14-20(18)22/h1-4,9-10,13-14,21-22H,11-12,15-16H2. The van der Waals surface area contributed by atoms with Gasteiger partial charge in [-0.25, -0.2) is 0 Å². The van der Waals surface area contributed by atoms with E-state index in [0.29, 0.717) is 24.3 Å². The fourth-order valence-corrected chi connectivity index (χ4v) is 2.40. The molecule has 0 aliphatic carbocycles. The molecule has 0 unspecified atom stereocenters. The third-order valence-corrected chi connectivity index (χ3v) is 3.84. The lowest BCUT2D eigenvalue weighted by molar-refractivity contribution is 0.469. The van der Waals surface area contributed by atoms with E-state index in [9.17, 15) is 10.2 Å². The molecule has 0 radical (unpaired) electrons. The molecule has 23 heavy (non-hydrogen) atoms. The van der Waals surface area contributed by atoms with Gasteiger partial charge >= 0.3 is 0 Å². The minimum Gasteiger partial charge on any atom is -0.508 e. The lowest BCUT2D eigenvalue weighted by atomic mass is 10.1. The van der Waals surface area contributed by atoms with Crippen molar-refractivity contribution in [3.05, 3.63) is 59.7 Å². The molecule has 0 fully saturated rings. The summed E-state index contributed by atoms with van der Waals surface area (Å²) in [5.41, 5.74) is 1.71. The topological polar surface area (TPSA) is 40.5 Å². The molecular formula is C20H18O2S. The van der Waals surface area contributed by atoms with Crippen molar-refractivity contribution in [3.8, 4) is 35.2 Å². The van der Waals surface area contributed by atoms with Crippen molar-refractivity contribution in [2.24, 2.45) is 0 Å². The molecule has 0 spiro atoms. The average molecular weight is 322 g/mol. The smallest absolute Gasteiger partial charge is 0.119 e. The summed E-state index contributed by atoms with van der Waals surface area (Å²) in [6.07, 6.45) is 1.12. The van der Waals surface area contributed by atoms with Crippen molar-refractivity contribution in [2.45, 2.75) is 12.8 Å². The van der Waals surface area contributed by atoms with Crippen LogP contribution in [0.15, 0.2) is 48.5 Å². The fourth-order valence-electron chi connectivity index (χ4n) is 1.89. The molecule has 2 nitrogen and oxygen atoms in total. The number of benzene rings is 2. The van der Waals surface area contributed by atoms with Gasteiger partial charge in [-0.05, 0) is 12.1 Å². The maximum Gasteiger partial charge on any atom is 0.119 e. The van der Waals surface area contributed by atoms with Gasteiger partial charge in [0.25, 0.3) is 0 Å². The first kappa shape index (κ1) is 16.9. The van der Waals surface area contributed by atoms with Crippen molar-refractivity contribution >= 4 is 11.8 Å². The van der Waals surface area contributed by atoms with E-state index in [1.165, 1.54) is 0 Å². The van der Waals surface area contributed by atoms with Gasteiger partial charge < -0.3 is 10.2 Å². The van der Waals surface area contributed by atoms with Gasteiger partial charge in [-0.3, -0.25) is 0 Å². The predicted octanol–water partition coefficient (Wildman–Crippen LogP) is 3.62. The Kier molecular flexibility index (Phi) is 6.98. The van der Waals surface area contributed by atoms with E-state index in [-0.39, 0.29) is 0 Å². The molecular weight excluding hydrogens is 304 g/mol. The molecule has 0 aliphatic rings. The summed E-state index contributed by atoms with van der Waals surface area (Å²) in [5.74, 6) is 14.3. The van der Waals surface area contributed by atoms with Crippen molar-refractivity contribution in [1.82, 2.24) is 0 Å². The largest absolute Gasteiger partial charge is 0.508 e. The average Bonchev–Trinajstić information content (AvgIpc) is 2.56. The molecule has 0 bridgehead atoms. The van der Waals surface area contributed by atoms with Crippen LogP contribution in [0.4, 0.5) is 0 Å². The van der Waals surface area contributed by atoms with Crippen LogP contribution in [0.5, 0.6) is 11.5 Å². The Bertz CT molecular complexity index is 695. The molecule has 2 aromatic rings. The molecule has 116 valence electrons. The minimum absolute atomic E-state index is 0.296. The van der Waals surface area contributed by atoms with Crippen LogP contribution in [0.25, 0.3) is 0 Å². The maximum absolute atomic E-state index is 9.61. The normalized spacial score (nSPS) is 9.39. The molecule has 2 rings (SSSR count). The molecule has 2 N–H and O–H groups in total. The van der Waals surface area contributed by atoms with Crippen LogP contribution in [0.1, 0.15) is 11.1 Å².